The highest BCUT2D eigenvalue weighted by atomic mass is 32.2. The lowest BCUT2D eigenvalue weighted by Crippen LogP contribution is -2.12. The summed E-state index contributed by atoms with van der Waals surface area (Å²) in [5.41, 5.74) is 0.414. The molecule has 0 bridgehead atoms. The minimum Gasteiger partial charge on any atom is -0.496 e. The van der Waals surface area contributed by atoms with E-state index in [0.29, 0.717) is 23.6 Å². The Labute approximate surface area is 110 Å². The van der Waals surface area contributed by atoms with E-state index in [0.717, 1.165) is 0 Å². The molecule has 1 heterocycles. The summed E-state index contributed by atoms with van der Waals surface area (Å²) in [5.74, 6) is 1.16. The van der Waals surface area contributed by atoms with Crippen LogP contribution in [-0.2, 0) is 16.4 Å². The van der Waals surface area contributed by atoms with E-state index in [1.807, 2.05) is 6.92 Å². The van der Waals surface area contributed by atoms with Crippen LogP contribution in [0.3, 0.4) is 0 Å². The summed E-state index contributed by atoms with van der Waals surface area (Å²) >= 11 is 0. The van der Waals surface area contributed by atoms with Gasteiger partial charge in [0.25, 0.3) is 0 Å². The average molecular weight is 283 g/mol. The Kier molecular flexibility index (Phi) is 3.54. The van der Waals surface area contributed by atoms with Gasteiger partial charge in [-0.3, -0.25) is 0 Å². The highest BCUT2D eigenvalue weighted by Crippen LogP contribution is 2.30. The zero-order chi connectivity index (χ0) is 14.0. The van der Waals surface area contributed by atoms with Crippen LogP contribution in [0.5, 0.6) is 5.75 Å². The first-order valence-electron chi connectivity index (χ1n) is 5.49. The lowest BCUT2D eigenvalue weighted by Gasteiger charge is -2.06. The van der Waals surface area contributed by atoms with Crippen molar-refractivity contribution in [3.05, 3.63) is 24.1 Å². The SMILES string of the molecule is CCc1nc(-c2cc(S(N)(=O)=O)ccc2OC)no1. The number of primary sulfonamides is 1. The van der Waals surface area contributed by atoms with E-state index >= 15 is 0 Å². The fourth-order valence-corrected chi connectivity index (χ4v) is 2.09. The van der Waals surface area contributed by atoms with Crippen molar-refractivity contribution in [3.63, 3.8) is 0 Å². The van der Waals surface area contributed by atoms with Gasteiger partial charge in [-0.05, 0) is 18.2 Å². The van der Waals surface area contributed by atoms with Gasteiger partial charge in [-0.25, -0.2) is 13.6 Å². The normalized spacial score (nSPS) is 11.5. The third kappa shape index (κ3) is 2.74. The van der Waals surface area contributed by atoms with Crippen molar-refractivity contribution in [1.82, 2.24) is 10.1 Å². The fourth-order valence-electron chi connectivity index (χ4n) is 1.55. The van der Waals surface area contributed by atoms with Crippen LogP contribution in [0.2, 0.25) is 0 Å². The Morgan fingerprint density at radius 3 is 2.68 bits per heavy atom. The number of nitrogens with two attached hydrogens (primary N) is 1. The summed E-state index contributed by atoms with van der Waals surface area (Å²) in [5, 5.41) is 8.88. The van der Waals surface area contributed by atoms with Gasteiger partial charge in [0.2, 0.25) is 21.7 Å². The lowest BCUT2D eigenvalue weighted by atomic mass is 10.2. The van der Waals surface area contributed by atoms with Crippen molar-refractivity contribution in [1.29, 1.82) is 0 Å². The molecule has 1 aromatic carbocycles. The number of benzene rings is 1. The van der Waals surface area contributed by atoms with Crippen molar-refractivity contribution in [2.24, 2.45) is 5.14 Å². The molecule has 0 aliphatic heterocycles. The average Bonchev–Trinajstić information content (AvgIpc) is 2.85. The predicted octanol–water partition coefficient (Wildman–Crippen LogP) is 0.955. The molecule has 0 atom stereocenters. The van der Waals surface area contributed by atoms with Crippen LogP contribution in [0, 0.1) is 0 Å². The van der Waals surface area contributed by atoms with E-state index in [1.54, 1.807) is 0 Å². The molecule has 8 heteroatoms. The van der Waals surface area contributed by atoms with Crippen LogP contribution in [0.1, 0.15) is 12.8 Å². The van der Waals surface area contributed by atoms with Crippen molar-refractivity contribution in [2.75, 3.05) is 7.11 Å². The van der Waals surface area contributed by atoms with Crippen LogP contribution < -0.4 is 9.88 Å². The van der Waals surface area contributed by atoms with Crippen LogP contribution in [0.25, 0.3) is 11.4 Å². The zero-order valence-electron chi connectivity index (χ0n) is 10.5. The summed E-state index contributed by atoms with van der Waals surface area (Å²) in [6.45, 7) is 1.87. The second kappa shape index (κ2) is 4.98. The van der Waals surface area contributed by atoms with E-state index < -0.39 is 10.0 Å². The minimum absolute atomic E-state index is 0.0360. The van der Waals surface area contributed by atoms with Crippen molar-refractivity contribution in [3.8, 4) is 17.1 Å². The predicted molar refractivity (Wildman–Crippen MR) is 67.0 cm³/mol. The molecule has 2 aromatic rings. The third-order valence-corrected chi connectivity index (χ3v) is 3.42. The molecule has 2 N–H and O–H groups in total. The van der Waals surface area contributed by atoms with Gasteiger partial charge in [0.1, 0.15) is 5.75 Å². The third-order valence-electron chi connectivity index (χ3n) is 2.51. The summed E-state index contributed by atoms with van der Waals surface area (Å²) in [6.07, 6.45) is 0.587. The van der Waals surface area contributed by atoms with Gasteiger partial charge in [-0.15, -0.1) is 0 Å². The number of ether oxygens (including phenoxy) is 1. The van der Waals surface area contributed by atoms with E-state index in [9.17, 15) is 8.42 Å². The molecule has 7 nitrogen and oxygen atoms in total. The topological polar surface area (TPSA) is 108 Å². The number of aromatic nitrogens is 2. The number of hydrogen-bond acceptors (Lipinski definition) is 6. The summed E-state index contributed by atoms with van der Waals surface area (Å²) < 4.78 is 32.8. The standard InChI is InChI=1S/C11H13N3O4S/c1-3-10-13-11(14-18-10)8-6-7(19(12,15)16)4-5-9(8)17-2/h4-6H,3H2,1-2H3,(H2,12,15,16). The number of nitrogens with zero attached hydrogens (tertiary/aromatic N) is 2. The number of aryl methyl sites for hydroxylation is 1. The maximum Gasteiger partial charge on any atom is 0.238 e. The first-order chi connectivity index (χ1) is 8.95. The minimum atomic E-state index is -3.80. The molecule has 0 amide bonds. The Morgan fingerprint density at radius 1 is 1.42 bits per heavy atom. The van der Waals surface area contributed by atoms with Crippen molar-refractivity contribution >= 4 is 10.0 Å². The van der Waals surface area contributed by atoms with E-state index in [4.69, 9.17) is 14.4 Å². The molecular formula is C11H13N3O4S. The quantitative estimate of drug-likeness (QED) is 0.895. The highest BCUT2D eigenvalue weighted by Gasteiger charge is 2.17. The summed E-state index contributed by atoms with van der Waals surface area (Å²) in [7, 11) is -2.33. The molecule has 2 rings (SSSR count). The molecule has 0 aliphatic rings. The molecule has 0 spiro atoms. The molecule has 19 heavy (non-hydrogen) atoms. The van der Waals surface area contributed by atoms with E-state index in [2.05, 4.69) is 10.1 Å². The van der Waals surface area contributed by atoms with Crippen molar-refractivity contribution < 1.29 is 17.7 Å². The first kappa shape index (κ1) is 13.5. The van der Waals surface area contributed by atoms with Gasteiger partial charge < -0.3 is 9.26 Å². The van der Waals surface area contributed by atoms with Crippen molar-refractivity contribution in [2.45, 2.75) is 18.2 Å². The maximum absolute atomic E-state index is 11.4. The van der Waals surface area contributed by atoms with Gasteiger partial charge in [0, 0.05) is 6.42 Å². The van der Waals surface area contributed by atoms with E-state index in [-0.39, 0.29) is 10.7 Å². The van der Waals surface area contributed by atoms with Gasteiger partial charge >= 0.3 is 0 Å². The smallest absolute Gasteiger partial charge is 0.238 e. The van der Waals surface area contributed by atoms with Crippen LogP contribution >= 0.6 is 0 Å². The number of rotatable bonds is 4. The molecule has 0 saturated heterocycles. The molecule has 0 saturated carbocycles. The Hall–Kier alpha value is -1.93. The van der Waals surface area contributed by atoms with Crippen LogP contribution in [0.15, 0.2) is 27.6 Å². The van der Waals surface area contributed by atoms with Gasteiger partial charge in [0.15, 0.2) is 0 Å². The molecule has 0 aliphatic carbocycles. The monoisotopic (exact) mass is 283 g/mol. The molecule has 0 unspecified atom stereocenters. The Morgan fingerprint density at radius 2 is 2.16 bits per heavy atom. The number of methoxy groups -OCH3 is 1. The van der Waals surface area contributed by atoms with Gasteiger partial charge in [-0.2, -0.15) is 4.98 Å². The fraction of sp³-hybridized carbons (Fsp3) is 0.273. The first-order valence-corrected chi connectivity index (χ1v) is 7.04. The zero-order valence-corrected chi connectivity index (χ0v) is 11.3. The number of hydrogen-bond donors (Lipinski definition) is 1. The maximum atomic E-state index is 11.4. The second-order valence-electron chi connectivity index (χ2n) is 3.77. The van der Waals surface area contributed by atoms with Crippen LogP contribution in [0.4, 0.5) is 0 Å². The Bertz CT molecular complexity index is 694. The van der Waals surface area contributed by atoms with Crippen LogP contribution in [-0.4, -0.2) is 25.7 Å². The highest BCUT2D eigenvalue weighted by molar-refractivity contribution is 7.89. The number of sulfonamides is 1. The molecule has 1 aromatic heterocycles. The van der Waals surface area contributed by atoms with Gasteiger partial charge in [-0.1, -0.05) is 12.1 Å². The largest absolute Gasteiger partial charge is 0.496 e. The molecule has 0 fully saturated rings. The molecular weight excluding hydrogens is 270 g/mol. The summed E-state index contributed by atoms with van der Waals surface area (Å²) in [6, 6.07) is 4.22. The summed E-state index contributed by atoms with van der Waals surface area (Å²) in [4.78, 5) is 4.10. The Balaban J connectivity index is 2.59. The second-order valence-corrected chi connectivity index (χ2v) is 5.33. The molecule has 0 radical (unpaired) electrons. The molecule has 102 valence electrons. The van der Waals surface area contributed by atoms with Gasteiger partial charge in [0.05, 0.1) is 17.6 Å². The van der Waals surface area contributed by atoms with E-state index in [1.165, 1.54) is 25.3 Å². The lowest BCUT2D eigenvalue weighted by molar-refractivity contribution is 0.382.